The van der Waals surface area contributed by atoms with E-state index in [1.807, 2.05) is 0 Å². The monoisotopic (exact) mass is 342 g/mol. The van der Waals surface area contributed by atoms with Crippen molar-refractivity contribution in [2.45, 2.75) is 55.1 Å². The van der Waals surface area contributed by atoms with Crippen molar-refractivity contribution in [3.05, 3.63) is 0 Å². The van der Waals surface area contributed by atoms with Crippen molar-refractivity contribution in [2.75, 3.05) is 13.2 Å². The molecule has 1 rings (SSSR count). The van der Waals surface area contributed by atoms with E-state index in [0.717, 1.165) is 0 Å². The quantitative estimate of drug-likeness (QED) is 0.196. The van der Waals surface area contributed by atoms with Crippen LogP contribution in [0.1, 0.15) is 0 Å². The minimum Gasteiger partial charge on any atom is -0.394 e. The lowest BCUT2D eigenvalue weighted by Crippen LogP contribution is -2.61. The summed E-state index contributed by atoms with van der Waals surface area (Å²) in [7, 11) is 0. The van der Waals surface area contributed by atoms with Gasteiger partial charge >= 0.3 is 0 Å². The number of ether oxygens (including phenoxy) is 2. The smallest absolute Gasteiger partial charge is 0.187 e. The van der Waals surface area contributed by atoms with E-state index in [0.29, 0.717) is 0 Å². The van der Waals surface area contributed by atoms with Crippen LogP contribution >= 0.6 is 0 Å². The summed E-state index contributed by atoms with van der Waals surface area (Å²) in [5.41, 5.74) is 0. The predicted octanol–water partition coefficient (Wildman–Crippen LogP) is -5.55. The number of carbonyl (C=O) groups is 1. The van der Waals surface area contributed by atoms with Gasteiger partial charge in [0.2, 0.25) is 0 Å². The third-order valence-corrected chi connectivity index (χ3v) is 3.53. The lowest BCUT2D eigenvalue weighted by molar-refractivity contribution is -0.326. The fourth-order valence-corrected chi connectivity index (χ4v) is 2.11. The van der Waals surface area contributed by atoms with Crippen LogP contribution in [0.15, 0.2) is 0 Å². The molecule has 8 N–H and O–H groups in total. The van der Waals surface area contributed by atoms with Crippen molar-refractivity contribution >= 4 is 6.29 Å². The zero-order valence-corrected chi connectivity index (χ0v) is 12.0. The second kappa shape index (κ2) is 8.94. The number of hydrogen-bond donors (Lipinski definition) is 8. The van der Waals surface area contributed by atoms with Crippen LogP contribution in [0.4, 0.5) is 0 Å². The molecule has 23 heavy (non-hydrogen) atoms. The first kappa shape index (κ1) is 20.3. The third-order valence-electron chi connectivity index (χ3n) is 3.53. The van der Waals surface area contributed by atoms with Crippen LogP contribution in [0.2, 0.25) is 0 Å². The Bertz CT molecular complexity index is 365. The van der Waals surface area contributed by atoms with Crippen LogP contribution in [0.5, 0.6) is 0 Å². The molecule has 11 nitrogen and oxygen atoms in total. The number of carbonyl (C=O) groups excluding carboxylic acids is 1. The number of aldehydes is 1. The molecule has 1 heterocycles. The summed E-state index contributed by atoms with van der Waals surface area (Å²) in [5.74, 6) is 0. The van der Waals surface area contributed by atoms with Crippen LogP contribution in [0.25, 0.3) is 0 Å². The summed E-state index contributed by atoms with van der Waals surface area (Å²) in [4.78, 5) is 10.5. The Labute approximate surface area is 130 Å². The summed E-state index contributed by atoms with van der Waals surface area (Å²) in [6, 6.07) is 0. The molecule has 0 amide bonds. The zero-order valence-electron chi connectivity index (χ0n) is 12.0. The van der Waals surface area contributed by atoms with E-state index in [4.69, 9.17) is 19.7 Å². The topological polar surface area (TPSA) is 197 Å². The second-order valence-corrected chi connectivity index (χ2v) is 5.17. The van der Waals surface area contributed by atoms with Gasteiger partial charge in [-0.3, -0.25) is 0 Å². The molecule has 0 aromatic heterocycles. The van der Waals surface area contributed by atoms with Gasteiger partial charge in [-0.2, -0.15) is 0 Å². The fourth-order valence-electron chi connectivity index (χ4n) is 2.11. The van der Waals surface area contributed by atoms with E-state index >= 15 is 0 Å². The van der Waals surface area contributed by atoms with E-state index in [9.17, 15) is 35.4 Å². The first-order chi connectivity index (χ1) is 10.8. The van der Waals surface area contributed by atoms with Gasteiger partial charge in [-0.1, -0.05) is 0 Å². The van der Waals surface area contributed by atoms with Gasteiger partial charge in [-0.15, -0.1) is 0 Å². The van der Waals surface area contributed by atoms with E-state index in [-0.39, 0.29) is 6.29 Å². The molecule has 0 radical (unpaired) electrons. The van der Waals surface area contributed by atoms with E-state index < -0.39 is 68.3 Å². The van der Waals surface area contributed by atoms with Crippen LogP contribution in [-0.4, -0.2) is 115 Å². The van der Waals surface area contributed by atoms with Crippen molar-refractivity contribution in [1.29, 1.82) is 0 Å². The number of aliphatic hydroxyl groups excluding tert-OH is 8. The molecule has 9 atom stereocenters. The number of rotatable bonds is 8. The summed E-state index contributed by atoms with van der Waals surface area (Å²) in [5, 5.41) is 75.7. The van der Waals surface area contributed by atoms with Crippen molar-refractivity contribution < 1.29 is 55.1 Å². The van der Waals surface area contributed by atoms with Gasteiger partial charge in [-0.25, -0.2) is 0 Å². The molecular weight excluding hydrogens is 320 g/mol. The first-order valence-corrected chi connectivity index (χ1v) is 6.84. The number of aliphatic hydroxyl groups is 8. The lowest BCUT2D eigenvalue weighted by atomic mass is 9.98. The molecular formula is C12H22O11. The first-order valence-electron chi connectivity index (χ1n) is 6.84. The maximum atomic E-state index is 10.5. The molecule has 0 unspecified atom stereocenters. The van der Waals surface area contributed by atoms with Gasteiger partial charge in [0.25, 0.3) is 0 Å². The van der Waals surface area contributed by atoms with Crippen molar-refractivity contribution in [1.82, 2.24) is 0 Å². The molecule has 0 aromatic carbocycles. The third kappa shape index (κ3) is 4.64. The highest BCUT2D eigenvalue weighted by Crippen LogP contribution is 2.24. The van der Waals surface area contributed by atoms with E-state index in [1.54, 1.807) is 0 Å². The minimum absolute atomic E-state index is 0.0294. The molecule has 11 heteroatoms. The summed E-state index contributed by atoms with van der Waals surface area (Å²) in [6.45, 7) is -1.64. The van der Waals surface area contributed by atoms with E-state index in [2.05, 4.69) is 0 Å². The van der Waals surface area contributed by atoms with Gasteiger partial charge in [0.15, 0.2) is 12.6 Å². The largest absolute Gasteiger partial charge is 0.394 e. The molecule has 1 saturated heterocycles. The van der Waals surface area contributed by atoms with Crippen LogP contribution < -0.4 is 0 Å². The normalized spacial score (nSPS) is 37.0. The summed E-state index contributed by atoms with van der Waals surface area (Å²) >= 11 is 0. The molecule has 1 fully saturated rings. The van der Waals surface area contributed by atoms with Gasteiger partial charge in [-0.05, 0) is 0 Å². The second-order valence-electron chi connectivity index (χ2n) is 5.17. The Hall–Kier alpha value is -0.730. The Morgan fingerprint density at radius 2 is 1.65 bits per heavy atom. The molecule has 0 spiro atoms. The molecule has 1 aliphatic heterocycles. The highest BCUT2D eigenvalue weighted by molar-refractivity contribution is 5.56. The van der Waals surface area contributed by atoms with Gasteiger partial charge in [0.1, 0.15) is 48.8 Å². The van der Waals surface area contributed by atoms with Crippen LogP contribution in [-0.2, 0) is 14.3 Å². The fraction of sp³-hybridized carbons (Fsp3) is 0.917. The summed E-state index contributed by atoms with van der Waals surface area (Å²) < 4.78 is 10.1. The lowest BCUT2D eigenvalue weighted by Gasteiger charge is -2.42. The van der Waals surface area contributed by atoms with Crippen molar-refractivity contribution in [3.63, 3.8) is 0 Å². The zero-order chi connectivity index (χ0) is 17.7. The molecule has 0 bridgehead atoms. The van der Waals surface area contributed by atoms with Crippen molar-refractivity contribution in [3.8, 4) is 0 Å². The van der Waals surface area contributed by atoms with Gasteiger partial charge < -0.3 is 55.1 Å². The average Bonchev–Trinajstić information content (AvgIpc) is 2.57. The number of hydrogen-bond acceptors (Lipinski definition) is 11. The molecule has 0 saturated carbocycles. The summed E-state index contributed by atoms with van der Waals surface area (Å²) in [6.07, 6.45) is -15.7. The van der Waals surface area contributed by atoms with Gasteiger partial charge in [0.05, 0.1) is 13.2 Å². The standard InChI is InChI=1S/C12H22O11/c13-1-4(16)7(18)11(5(17)2-14)23-12-10(21)9(20)8(19)6(3-15)22-12/h1,4-12,14-21H,2-3H2/t4-,5-,6-,7+,8+,9+,10-,11-,12+/m1/s1. The Balaban J connectivity index is 2.91. The van der Waals surface area contributed by atoms with Gasteiger partial charge in [0, 0.05) is 0 Å². The highest BCUT2D eigenvalue weighted by atomic mass is 16.7. The average molecular weight is 342 g/mol. The Morgan fingerprint density at radius 3 is 2.13 bits per heavy atom. The molecule has 136 valence electrons. The van der Waals surface area contributed by atoms with E-state index in [1.165, 1.54) is 0 Å². The SMILES string of the molecule is O=C[C@@H](O)[C@H](O)[C@H](O[C@@H]1O[C@H](CO)[C@H](O)[C@H](O)[C@H]1O)[C@H](O)CO. The maximum absolute atomic E-state index is 10.5. The molecule has 1 aliphatic rings. The molecule has 0 aromatic rings. The van der Waals surface area contributed by atoms with Crippen LogP contribution in [0, 0.1) is 0 Å². The Morgan fingerprint density at radius 1 is 1.04 bits per heavy atom. The van der Waals surface area contributed by atoms with Crippen molar-refractivity contribution in [2.24, 2.45) is 0 Å². The predicted molar refractivity (Wildman–Crippen MR) is 69.8 cm³/mol. The van der Waals surface area contributed by atoms with Crippen LogP contribution in [0.3, 0.4) is 0 Å². The Kier molecular flexibility index (Phi) is 7.89. The highest BCUT2D eigenvalue weighted by Gasteiger charge is 2.46. The maximum Gasteiger partial charge on any atom is 0.187 e. The minimum atomic E-state index is -1.97. The molecule has 0 aliphatic carbocycles.